The number of hydrogen-bond donors (Lipinski definition) is 1. The highest BCUT2D eigenvalue weighted by Gasteiger charge is 2.21. The van der Waals surface area contributed by atoms with Gasteiger partial charge in [0.1, 0.15) is 5.75 Å². The van der Waals surface area contributed by atoms with Crippen molar-refractivity contribution in [1.82, 2.24) is 14.7 Å². The molecular weight excluding hydrogens is 306 g/mol. The van der Waals surface area contributed by atoms with Gasteiger partial charge in [-0.1, -0.05) is 18.2 Å². The van der Waals surface area contributed by atoms with E-state index >= 15 is 0 Å². The van der Waals surface area contributed by atoms with E-state index in [4.69, 9.17) is 9.84 Å². The van der Waals surface area contributed by atoms with Gasteiger partial charge in [0.25, 0.3) is 0 Å². The minimum atomic E-state index is -0.979. The first-order chi connectivity index (χ1) is 11.3. The number of carbonyl (C=O) groups is 1. The summed E-state index contributed by atoms with van der Waals surface area (Å²) < 4.78 is 7.30. The first kappa shape index (κ1) is 18.0. The molecule has 0 aliphatic heterocycles. The summed E-state index contributed by atoms with van der Waals surface area (Å²) >= 11 is 0. The summed E-state index contributed by atoms with van der Waals surface area (Å²) in [6.07, 6.45) is 0. The van der Waals surface area contributed by atoms with Crippen molar-refractivity contribution >= 4 is 5.97 Å². The molecule has 130 valence electrons. The molecule has 1 N–H and O–H groups in total. The van der Waals surface area contributed by atoms with Crippen molar-refractivity contribution < 1.29 is 14.6 Å². The zero-order chi connectivity index (χ0) is 17.9. The van der Waals surface area contributed by atoms with Crippen LogP contribution in [0.4, 0.5) is 0 Å². The van der Waals surface area contributed by atoms with Crippen molar-refractivity contribution in [3.8, 4) is 5.75 Å². The van der Waals surface area contributed by atoms with Gasteiger partial charge in [-0.15, -0.1) is 0 Å². The number of hydrogen-bond acceptors (Lipinski definition) is 4. The number of rotatable bonds is 7. The third-order valence-electron chi connectivity index (χ3n) is 4.39. The topological polar surface area (TPSA) is 67.6 Å². The molecule has 1 aromatic heterocycles. The van der Waals surface area contributed by atoms with Gasteiger partial charge in [0.15, 0.2) is 6.61 Å². The van der Waals surface area contributed by atoms with E-state index in [1.165, 1.54) is 5.56 Å². The number of carboxylic acids is 1. The Morgan fingerprint density at radius 2 is 2.04 bits per heavy atom. The summed E-state index contributed by atoms with van der Waals surface area (Å²) in [5, 5.41) is 13.3. The van der Waals surface area contributed by atoms with Gasteiger partial charge in [-0.2, -0.15) is 5.10 Å². The molecule has 0 bridgehead atoms. The monoisotopic (exact) mass is 331 g/mol. The third kappa shape index (κ3) is 3.94. The van der Waals surface area contributed by atoms with Crippen LogP contribution in [-0.4, -0.2) is 39.4 Å². The summed E-state index contributed by atoms with van der Waals surface area (Å²) in [5.74, 6) is -0.369. The number of para-hydroxylation sites is 1. The van der Waals surface area contributed by atoms with E-state index in [2.05, 4.69) is 23.8 Å². The molecule has 1 heterocycles. The molecule has 0 aliphatic rings. The van der Waals surface area contributed by atoms with Gasteiger partial charge in [-0.25, -0.2) is 4.79 Å². The number of aliphatic carboxylic acids is 1. The highest BCUT2D eigenvalue weighted by atomic mass is 16.5. The Morgan fingerprint density at radius 1 is 1.38 bits per heavy atom. The number of benzene rings is 1. The number of aryl methyl sites for hydroxylation is 2. The maximum Gasteiger partial charge on any atom is 0.341 e. The summed E-state index contributed by atoms with van der Waals surface area (Å²) in [4.78, 5) is 12.9. The zero-order valence-corrected chi connectivity index (χ0v) is 14.9. The molecule has 0 radical (unpaired) electrons. The average Bonchev–Trinajstić information content (AvgIpc) is 2.78. The van der Waals surface area contributed by atoms with Crippen LogP contribution in [0.5, 0.6) is 5.75 Å². The van der Waals surface area contributed by atoms with Gasteiger partial charge in [-0.05, 0) is 33.9 Å². The molecule has 6 heteroatoms. The van der Waals surface area contributed by atoms with E-state index < -0.39 is 5.97 Å². The van der Waals surface area contributed by atoms with Gasteiger partial charge in [-0.3, -0.25) is 9.58 Å². The summed E-state index contributed by atoms with van der Waals surface area (Å²) in [6.45, 7) is 6.57. The van der Waals surface area contributed by atoms with Gasteiger partial charge in [0.05, 0.1) is 5.69 Å². The molecule has 2 rings (SSSR count). The maximum atomic E-state index is 10.7. The van der Waals surface area contributed by atoms with Crippen LogP contribution in [0.1, 0.15) is 35.5 Å². The van der Waals surface area contributed by atoms with Crippen molar-refractivity contribution in [1.29, 1.82) is 0 Å². The number of nitrogens with zero attached hydrogens (tertiary/aromatic N) is 3. The zero-order valence-electron chi connectivity index (χ0n) is 14.9. The van der Waals surface area contributed by atoms with Crippen LogP contribution in [0.15, 0.2) is 24.3 Å². The fourth-order valence-corrected chi connectivity index (χ4v) is 2.94. The van der Waals surface area contributed by atoms with Crippen LogP contribution in [0.2, 0.25) is 0 Å². The fraction of sp³-hybridized carbons (Fsp3) is 0.444. The lowest BCUT2D eigenvalue weighted by molar-refractivity contribution is -0.139. The number of carboxylic acid groups (broad SMARTS) is 1. The summed E-state index contributed by atoms with van der Waals surface area (Å²) in [6, 6.07) is 7.73. The van der Waals surface area contributed by atoms with Crippen molar-refractivity contribution in [2.75, 3.05) is 13.7 Å². The quantitative estimate of drug-likeness (QED) is 0.845. The van der Waals surface area contributed by atoms with Crippen molar-refractivity contribution in [2.24, 2.45) is 7.05 Å². The molecular formula is C18H25N3O3. The van der Waals surface area contributed by atoms with Crippen LogP contribution >= 0.6 is 0 Å². The second kappa shape index (κ2) is 7.49. The van der Waals surface area contributed by atoms with E-state index in [1.54, 1.807) is 6.07 Å². The standard InChI is InChI=1S/C18H25N3O3/c1-12-18(14(3)21(5)19-12)13(2)20(4)10-15-8-6-7-9-16(15)24-11-17(22)23/h6-9,13H,10-11H2,1-5H3,(H,22,23)/t13-/m0/s1. The van der Waals surface area contributed by atoms with Gasteiger partial charge in [0.2, 0.25) is 0 Å². The van der Waals surface area contributed by atoms with E-state index in [9.17, 15) is 4.79 Å². The Labute approximate surface area is 142 Å². The fourth-order valence-electron chi connectivity index (χ4n) is 2.94. The van der Waals surface area contributed by atoms with E-state index in [0.29, 0.717) is 12.3 Å². The Balaban J connectivity index is 2.17. The van der Waals surface area contributed by atoms with Crippen molar-refractivity contribution in [3.05, 3.63) is 46.8 Å². The SMILES string of the molecule is Cc1nn(C)c(C)c1[C@H](C)N(C)Cc1ccccc1OCC(=O)O. The van der Waals surface area contributed by atoms with Crippen LogP contribution in [-0.2, 0) is 18.4 Å². The Hall–Kier alpha value is -2.34. The van der Waals surface area contributed by atoms with Crippen LogP contribution < -0.4 is 4.74 Å². The average molecular weight is 331 g/mol. The molecule has 0 unspecified atom stereocenters. The largest absolute Gasteiger partial charge is 0.482 e. The lowest BCUT2D eigenvalue weighted by atomic mass is 10.0. The lowest BCUT2D eigenvalue weighted by Crippen LogP contribution is -2.23. The van der Waals surface area contributed by atoms with Crippen molar-refractivity contribution in [2.45, 2.75) is 33.4 Å². The van der Waals surface area contributed by atoms with Crippen molar-refractivity contribution in [3.63, 3.8) is 0 Å². The van der Waals surface area contributed by atoms with E-state index in [0.717, 1.165) is 17.0 Å². The first-order valence-electron chi connectivity index (χ1n) is 7.94. The molecule has 0 saturated carbocycles. The lowest BCUT2D eigenvalue weighted by Gasteiger charge is -2.26. The van der Waals surface area contributed by atoms with E-state index in [-0.39, 0.29) is 12.6 Å². The van der Waals surface area contributed by atoms with Crippen LogP contribution in [0, 0.1) is 13.8 Å². The maximum absolute atomic E-state index is 10.7. The second-order valence-electron chi connectivity index (χ2n) is 6.09. The molecule has 1 aromatic carbocycles. The predicted octanol–water partition coefficient (Wildman–Crippen LogP) is 2.69. The van der Waals surface area contributed by atoms with Crippen LogP contribution in [0.3, 0.4) is 0 Å². The Bertz CT molecular complexity index is 724. The minimum absolute atomic E-state index is 0.186. The Kier molecular flexibility index (Phi) is 5.62. The van der Waals surface area contributed by atoms with E-state index in [1.807, 2.05) is 43.9 Å². The molecule has 0 amide bonds. The predicted molar refractivity (Wildman–Crippen MR) is 92.1 cm³/mol. The van der Waals surface area contributed by atoms with Gasteiger partial charge >= 0.3 is 5.97 Å². The smallest absolute Gasteiger partial charge is 0.341 e. The highest BCUT2D eigenvalue weighted by Crippen LogP contribution is 2.28. The molecule has 0 aliphatic carbocycles. The first-order valence-corrected chi connectivity index (χ1v) is 7.94. The summed E-state index contributed by atoms with van der Waals surface area (Å²) in [7, 11) is 4.00. The summed E-state index contributed by atoms with van der Waals surface area (Å²) in [5.41, 5.74) is 4.38. The number of aromatic nitrogens is 2. The number of ether oxygens (including phenoxy) is 1. The molecule has 2 aromatic rings. The molecule has 0 spiro atoms. The second-order valence-corrected chi connectivity index (χ2v) is 6.09. The molecule has 0 saturated heterocycles. The molecule has 6 nitrogen and oxygen atoms in total. The van der Waals surface area contributed by atoms with Crippen LogP contribution in [0.25, 0.3) is 0 Å². The normalized spacial score (nSPS) is 12.4. The molecule has 24 heavy (non-hydrogen) atoms. The Morgan fingerprint density at radius 3 is 2.62 bits per heavy atom. The third-order valence-corrected chi connectivity index (χ3v) is 4.39. The minimum Gasteiger partial charge on any atom is -0.482 e. The van der Waals surface area contributed by atoms with Gasteiger partial charge in [0, 0.05) is 36.5 Å². The molecule has 1 atom stereocenters. The molecule has 0 fully saturated rings. The highest BCUT2D eigenvalue weighted by molar-refractivity contribution is 5.68. The van der Waals surface area contributed by atoms with Gasteiger partial charge < -0.3 is 9.84 Å².